The number of hydrogen-bond donors (Lipinski definition) is 1. The second-order valence-electron chi connectivity index (χ2n) is 5.51. The van der Waals surface area contributed by atoms with Crippen LogP contribution in [0.2, 0.25) is 0 Å². The van der Waals surface area contributed by atoms with Gasteiger partial charge in [-0.05, 0) is 19.4 Å². The molecule has 0 saturated carbocycles. The van der Waals surface area contributed by atoms with Crippen molar-refractivity contribution in [1.82, 2.24) is 19.9 Å². The van der Waals surface area contributed by atoms with Gasteiger partial charge in [-0.15, -0.1) is 0 Å². The highest BCUT2D eigenvalue weighted by atomic mass is 16.5. The normalized spacial score (nSPS) is 17.8. The fourth-order valence-electron chi connectivity index (χ4n) is 2.51. The topological polar surface area (TPSA) is 82.7 Å². The molecule has 0 aliphatic carbocycles. The molecule has 118 valence electrons. The summed E-state index contributed by atoms with van der Waals surface area (Å²) in [5, 5.41) is 12.8. The van der Waals surface area contributed by atoms with Gasteiger partial charge in [-0.25, -0.2) is 0 Å². The molecule has 0 spiro atoms. The molecule has 0 amide bonds. The van der Waals surface area contributed by atoms with Gasteiger partial charge < -0.3 is 9.63 Å². The first kappa shape index (κ1) is 15.9. The minimum atomic E-state index is -0.763. The van der Waals surface area contributed by atoms with Crippen LogP contribution in [0.4, 0.5) is 0 Å². The summed E-state index contributed by atoms with van der Waals surface area (Å²) in [4.78, 5) is 19.4. The van der Waals surface area contributed by atoms with Crippen molar-refractivity contribution < 1.29 is 14.4 Å². The number of carbonyl (C=O) groups is 1. The lowest BCUT2D eigenvalue weighted by molar-refractivity contribution is -0.138. The molecule has 0 bridgehead atoms. The van der Waals surface area contributed by atoms with Crippen LogP contribution in [-0.4, -0.2) is 63.7 Å². The minimum absolute atomic E-state index is 0.121. The molecule has 7 heteroatoms. The lowest BCUT2D eigenvalue weighted by Crippen LogP contribution is -2.34. The maximum Gasteiger partial charge on any atom is 0.317 e. The van der Waals surface area contributed by atoms with E-state index in [9.17, 15) is 4.79 Å². The van der Waals surface area contributed by atoms with Gasteiger partial charge in [0.05, 0.1) is 13.1 Å². The van der Waals surface area contributed by atoms with Crippen LogP contribution in [0.5, 0.6) is 0 Å². The van der Waals surface area contributed by atoms with Crippen LogP contribution in [0.15, 0.2) is 4.52 Å². The van der Waals surface area contributed by atoms with Crippen molar-refractivity contribution in [3.05, 3.63) is 11.7 Å². The van der Waals surface area contributed by atoms with E-state index in [4.69, 9.17) is 9.63 Å². The molecule has 21 heavy (non-hydrogen) atoms. The molecule has 1 saturated heterocycles. The number of aromatic nitrogens is 2. The molecule has 2 rings (SSSR count). The smallest absolute Gasteiger partial charge is 0.317 e. The number of carboxylic acid groups (broad SMARTS) is 1. The van der Waals surface area contributed by atoms with Gasteiger partial charge in [0.15, 0.2) is 5.82 Å². The minimum Gasteiger partial charge on any atom is -0.480 e. The monoisotopic (exact) mass is 296 g/mol. The first-order chi connectivity index (χ1) is 10.2. The Labute approximate surface area is 124 Å². The van der Waals surface area contributed by atoms with Crippen LogP contribution in [0.25, 0.3) is 0 Å². The number of hydrogen-bond acceptors (Lipinski definition) is 6. The summed E-state index contributed by atoms with van der Waals surface area (Å²) in [7, 11) is 0. The molecule has 7 nitrogen and oxygen atoms in total. The Morgan fingerprint density at radius 1 is 1.29 bits per heavy atom. The molecule has 1 N–H and O–H groups in total. The lowest BCUT2D eigenvalue weighted by atomic mass is 10.2. The molecule has 0 radical (unpaired) electrons. The van der Waals surface area contributed by atoms with Crippen LogP contribution in [0.1, 0.15) is 37.9 Å². The predicted octanol–water partition coefficient (Wildman–Crippen LogP) is 1.00. The predicted molar refractivity (Wildman–Crippen MR) is 76.9 cm³/mol. The van der Waals surface area contributed by atoms with Crippen LogP contribution in [0, 0.1) is 0 Å². The van der Waals surface area contributed by atoms with E-state index in [0.717, 1.165) is 57.7 Å². The molecular formula is C14H24N4O3. The average molecular weight is 296 g/mol. The molecule has 1 aromatic rings. The van der Waals surface area contributed by atoms with E-state index in [1.807, 2.05) is 4.90 Å². The fraction of sp³-hybridized carbons (Fsp3) is 0.786. The van der Waals surface area contributed by atoms with Gasteiger partial charge in [-0.3, -0.25) is 14.6 Å². The van der Waals surface area contributed by atoms with E-state index in [1.54, 1.807) is 0 Å². The molecule has 1 fully saturated rings. The zero-order chi connectivity index (χ0) is 15.1. The highest BCUT2D eigenvalue weighted by Gasteiger charge is 2.18. The van der Waals surface area contributed by atoms with Crippen LogP contribution in [0.3, 0.4) is 0 Å². The first-order valence-electron chi connectivity index (χ1n) is 7.65. The van der Waals surface area contributed by atoms with E-state index in [0.29, 0.717) is 12.4 Å². The van der Waals surface area contributed by atoms with Gasteiger partial charge >= 0.3 is 5.97 Å². The van der Waals surface area contributed by atoms with E-state index in [-0.39, 0.29) is 6.54 Å². The van der Waals surface area contributed by atoms with Crippen molar-refractivity contribution in [2.45, 2.75) is 39.2 Å². The largest absolute Gasteiger partial charge is 0.480 e. The first-order valence-corrected chi connectivity index (χ1v) is 7.65. The van der Waals surface area contributed by atoms with Crippen molar-refractivity contribution >= 4 is 5.97 Å². The molecule has 0 aromatic carbocycles. The second kappa shape index (κ2) is 8.09. The van der Waals surface area contributed by atoms with Crippen LogP contribution < -0.4 is 0 Å². The van der Waals surface area contributed by atoms with Gasteiger partial charge in [-0.1, -0.05) is 18.5 Å². The Hall–Kier alpha value is -1.47. The van der Waals surface area contributed by atoms with Crippen LogP contribution in [-0.2, 0) is 17.8 Å². The molecule has 0 unspecified atom stereocenters. The number of aliphatic carboxylic acids is 1. The number of unbranched alkanes of at least 4 members (excludes halogenated alkanes) is 1. The standard InChI is InChI=1S/C14H24N4O3/c1-2-3-5-12-15-13(21-16-12)10-17-6-4-7-18(9-8-17)11-14(19)20/h2-11H2,1H3,(H,19,20). The third-order valence-corrected chi connectivity index (χ3v) is 3.66. The summed E-state index contributed by atoms with van der Waals surface area (Å²) in [5.41, 5.74) is 0. The van der Waals surface area contributed by atoms with Crippen molar-refractivity contribution in [3.63, 3.8) is 0 Å². The molecular weight excluding hydrogens is 272 g/mol. The fourth-order valence-corrected chi connectivity index (χ4v) is 2.51. The highest BCUT2D eigenvalue weighted by molar-refractivity contribution is 5.69. The average Bonchev–Trinajstić information content (AvgIpc) is 2.77. The summed E-state index contributed by atoms with van der Waals surface area (Å²) in [6.07, 6.45) is 4.03. The Bertz CT molecular complexity index is 449. The van der Waals surface area contributed by atoms with E-state index in [1.165, 1.54) is 0 Å². The van der Waals surface area contributed by atoms with Crippen molar-refractivity contribution in [3.8, 4) is 0 Å². The Morgan fingerprint density at radius 3 is 2.81 bits per heavy atom. The summed E-state index contributed by atoms with van der Waals surface area (Å²) in [6, 6.07) is 0. The number of aryl methyl sites for hydroxylation is 1. The molecule has 0 atom stereocenters. The number of nitrogens with zero attached hydrogens (tertiary/aromatic N) is 4. The zero-order valence-electron chi connectivity index (χ0n) is 12.6. The molecule has 1 aliphatic heterocycles. The number of carboxylic acids is 1. The molecule has 1 aliphatic rings. The van der Waals surface area contributed by atoms with E-state index in [2.05, 4.69) is 22.0 Å². The van der Waals surface area contributed by atoms with E-state index < -0.39 is 5.97 Å². The van der Waals surface area contributed by atoms with Gasteiger partial charge in [0.1, 0.15) is 0 Å². The van der Waals surface area contributed by atoms with Gasteiger partial charge in [-0.2, -0.15) is 4.98 Å². The van der Waals surface area contributed by atoms with Crippen LogP contribution >= 0.6 is 0 Å². The van der Waals surface area contributed by atoms with Gasteiger partial charge in [0.25, 0.3) is 0 Å². The summed E-state index contributed by atoms with van der Waals surface area (Å²) in [5.74, 6) is 0.683. The number of rotatable bonds is 7. The lowest BCUT2D eigenvalue weighted by Gasteiger charge is -2.18. The quantitative estimate of drug-likeness (QED) is 0.803. The Balaban J connectivity index is 1.80. The summed E-state index contributed by atoms with van der Waals surface area (Å²) < 4.78 is 5.29. The summed E-state index contributed by atoms with van der Waals surface area (Å²) in [6.45, 7) is 6.27. The maximum atomic E-state index is 10.8. The van der Waals surface area contributed by atoms with Crippen molar-refractivity contribution in [2.75, 3.05) is 32.7 Å². The Kier molecular flexibility index (Phi) is 6.13. The zero-order valence-corrected chi connectivity index (χ0v) is 12.6. The second-order valence-corrected chi connectivity index (χ2v) is 5.51. The van der Waals surface area contributed by atoms with E-state index >= 15 is 0 Å². The highest BCUT2D eigenvalue weighted by Crippen LogP contribution is 2.09. The molecule has 1 aromatic heterocycles. The third kappa shape index (κ3) is 5.43. The van der Waals surface area contributed by atoms with Crippen molar-refractivity contribution in [1.29, 1.82) is 0 Å². The van der Waals surface area contributed by atoms with Gasteiger partial charge in [0.2, 0.25) is 5.89 Å². The van der Waals surface area contributed by atoms with Crippen molar-refractivity contribution in [2.24, 2.45) is 0 Å². The molecule has 2 heterocycles. The van der Waals surface area contributed by atoms with Gasteiger partial charge in [0, 0.05) is 26.1 Å². The SMILES string of the molecule is CCCCc1noc(CN2CCCN(CC(=O)O)CC2)n1. The summed E-state index contributed by atoms with van der Waals surface area (Å²) >= 11 is 0. The maximum absolute atomic E-state index is 10.8. The third-order valence-electron chi connectivity index (χ3n) is 3.66. The Morgan fingerprint density at radius 2 is 2.05 bits per heavy atom.